The summed E-state index contributed by atoms with van der Waals surface area (Å²) in [6.07, 6.45) is 4.01. The number of pyridine rings is 1. The summed E-state index contributed by atoms with van der Waals surface area (Å²) >= 11 is 0. The number of carbonyl (C=O) groups excluding carboxylic acids is 2. The van der Waals surface area contributed by atoms with Gasteiger partial charge in [0, 0.05) is 42.7 Å². The Bertz CT molecular complexity index is 1060. The zero-order valence-corrected chi connectivity index (χ0v) is 16.6. The maximum Gasteiger partial charge on any atom is 0.338 e. The van der Waals surface area contributed by atoms with Gasteiger partial charge in [-0.3, -0.25) is 14.6 Å². The molecule has 0 atom stereocenters. The number of carbonyl (C=O) groups is 2. The zero-order chi connectivity index (χ0) is 21.3. The summed E-state index contributed by atoms with van der Waals surface area (Å²) in [6.45, 7) is 2.37. The maximum absolute atomic E-state index is 12.2. The monoisotopic (exact) mass is 406 g/mol. The van der Waals surface area contributed by atoms with Crippen LogP contribution in [0.1, 0.15) is 30.1 Å². The first-order valence-electron chi connectivity index (χ1n) is 9.62. The molecule has 0 unspecified atom stereocenters. The first kappa shape index (κ1) is 20.9. The minimum absolute atomic E-state index is 0.183. The Labute approximate surface area is 173 Å². The summed E-state index contributed by atoms with van der Waals surface area (Å²) in [7, 11) is 0. The van der Waals surface area contributed by atoms with Crippen molar-refractivity contribution >= 4 is 17.6 Å². The molecule has 0 aliphatic rings. The van der Waals surface area contributed by atoms with Crippen LogP contribution in [0.15, 0.2) is 65.7 Å². The summed E-state index contributed by atoms with van der Waals surface area (Å²) in [5.74, 6) is -0.584. The fraction of sp³-hybridized carbons (Fsp3) is 0.227. The van der Waals surface area contributed by atoms with Crippen molar-refractivity contribution in [2.45, 2.75) is 26.3 Å². The molecule has 0 bridgehead atoms. The van der Waals surface area contributed by atoms with Gasteiger partial charge in [-0.1, -0.05) is 0 Å². The molecule has 3 aromatic rings. The number of aromatic nitrogens is 3. The van der Waals surface area contributed by atoms with Crippen molar-refractivity contribution in [1.29, 1.82) is 0 Å². The molecule has 0 saturated heterocycles. The van der Waals surface area contributed by atoms with Crippen molar-refractivity contribution in [1.82, 2.24) is 14.8 Å². The molecule has 2 aromatic heterocycles. The molecule has 0 aliphatic carbocycles. The molecular weight excluding hydrogens is 384 g/mol. The van der Waals surface area contributed by atoms with Crippen molar-refractivity contribution in [2.24, 2.45) is 0 Å². The molecule has 0 fully saturated rings. The highest BCUT2D eigenvalue weighted by Gasteiger charge is 2.08. The van der Waals surface area contributed by atoms with E-state index in [0.717, 1.165) is 5.56 Å². The van der Waals surface area contributed by atoms with Crippen molar-refractivity contribution in [3.05, 3.63) is 76.8 Å². The third kappa shape index (κ3) is 5.60. The second-order valence-electron chi connectivity index (χ2n) is 6.47. The van der Waals surface area contributed by atoms with Crippen LogP contribution in [0, 0.1) is 0 Å². The average molecular weight is 406 g/mol. The van der Waals surface area contributed by atoms with Crippen LogP contribution in [0.25, 0.3) is 11.3 Å². The fourth-order valence-electron chi connectivity index (χ4n) is 2.80. The van der Waals surface area contributed by atoms with Gasteiger partial charge in [-0.2, -0.15) is 5.10 Å². The number of amides is 1. The summed E-state index contributed by atoms with van der Waals surface area (Å²) in [4.78, 5) is 39.9. The second-order valence-corrected chi connectivity index (χ2v) is 6.47. The SMILES string of the molecule is CCOC(=O)c1ccc(NC(=O)CCCn2nc(-c3ccncc3)ccc2=O)cc1. The molecule has 0 aliphatic heterocycles. The van der Waals surface area contributed by atoms with E-state index in [1.807, 2.05) is 12.1 Å². The van der Waals surface area contributed by atoms with Crippen LogP contribution < -0.4 is 10.9 Å². The van der Waals surface area contributed by atoms with Gasteiger partial charge in [-0.15, -0.1) is 0 Å². The molecule has 0 radical (unpaired) electrons. The van der Waals surface area contributed by atoms with Gasteiger partial charge in [0.05, 0.1) is 17.9 Å². The number of anilines is 1. The number of hydrogen-bond acceptors (Lipinski definition) is 6. The third-order valence-corrected chi connectivity index (χ3v) is 4.30. The lowest BCUT2D eigenvalue weighted by Gasteiger charge is -2.08. The minimum atomic E-state index is -0.401. The number of rotatable bonds is 8. The lowest BCUT2D eigenvalue weighted by Crippen LogP contribution is -2.23. The van der Waals surface area contributed by atoms with E-state index in [1.54, 1.807) is 49.6 Å². The Balaban J connectivity index is 1.53. The molecule has 3 rings (SSSR count). The number of esters is 1. The molecule has 1 amide bonds. The first-order chi connectivity index (χ1) is 14.6. The van der Waals surface area contributed by atoms with Gasteiger partial charge in [0.2, 0.25) is 5.91 Å². The van der Waals surface area contributed by atoms with Gasteiger partial charge in [0.1, 0.15) is 0 Å². The van der Waals surface area contributed by atoms with E-state index in [9.17, 15) is 14.4 Å². The topological polar surface area (TPSA) is 103 Å². The van der Waals surface area contributed by atoms with Crippen LogP contribution >= 0.6 is 0 Å². The number of nitrogens with one attached hydrogen (secondary N) is 1. The lowest BCUT2D eigenvalue weighted by atomic mass is 10.2. The third-order valence-electron chi connectivity index (χ3n) is 4.30. The highest BCUT2D eigenvalue weighted by Crippen LogP contribution is 2.14. The Morgan fingerprint density at radius 1 is 1.03 bits per heavy atom. The van der Waals surface area contributed by atoms with Gasteiger partial charge >= 0.3 is 5.97 Å². The van der Waals surface area contributed by atoms with Crippen LogP contribution in [0.4, 0.5) is 5.69 Å². The normalized spacial score (nSPS) is 10.4. The van der Waals surface area contributed by atoms with Crippen molar-refractivity contribution < 1.29 is 14.3 Å². The quantitative estimate of drug-likeness (QED) is 0.577. The average Bonchev–Trinajstić information content (AvgIpc) is 2.76. The molecule has 1 N–H and O–H groups in total. The van der Waals surface area contributed by atoms with E-state index in [2.05, 4.69) is 15.4 Å². The standard InChI is InChI=1S/C22H22N4O4/c1-2-30-22(29)17-5-7-18(8-6-17)24-20(27)4-3-15-26-21(28)10-9-19(25-26)16-11-13-23-14-12-16/h5-14H,2-4,15H2,1H3,(H,24,27). The van der Waals surface area contributed by atoms with Crippen LogP contribution in [0.3, 0.4) is 0 Å². The van der Waals surface area contributed by atoms with E-state index < -0.39 is 5.97 Å². The van der Waals surface area contributed by atoms with Crippen LogP contribution in [0.5, 0.6) is 0 Å². The van der Waals surface area contributed by atoms with Gasteiger partial charge in [0.25, 0.3) is 5.56 Å². The Morgan fingerprint density at radius 2 is 1.77 bits per heavy atom. The molecule has 1 aromatic carbocycles. The lowest BCUT2D eigenvalue weighted by molar-refractivity contribution is -0.116. The van der Waals surface area contributed by atoms with Crippen molar-refractivity contribution in [3.63, 3.8) is 0 Å². The molecule has 0 spiro atoms. The highest BCUT2D eigenvalue weighted by atomic mass is 16.5. The Kier molecular flexibility index (Phi) is 7.05. The smallest absolute Gasteiger partial charge is 0.338 e. The predicted octanol–water partition coefficient (Wildman–Crippen LogP) is 2.90. The molecule has 30 heavy (non-hydrogen) atoms. The number of ether oxygens (including phenoxy) is 1. The van der Waals surface area contributed by atoms with Crippen LogP contribution in [-0.2, 0) is 16.1 Å². The van der Waals surface area contributed by atoms with Gasteiger partial charge < -0.3 is 10.1 Å². The summed E-state index contributed by atoms with van der Waals surface area (Å²) in [5, 5.41) is 7.14. The predicted molar refractivity (Wildman–Crippen MR) is 112 cm³/mol. The summed E-state index contributed by atoms with van der Waals surface area (Å²) in [6, 6.07) is 13.3. The second kappa shape index (κ2) is 10.1. The summed E-state index contributed by atoms with van der Waals surface area (Å²) in [5.41, 5.74) is 2.33. The van der Waals surface area contributed by atoms with Crippen molar-refractivity contribution in [2.75, 3.05) is 11.9 Å². The number of hydrogen-bond donors (Lipinski definition) is 1. The van der Waals surface area contributed by atoms with Gasteiger partial charge in [-0.25, -0.2) is 9.48 Å². The van der Waals surface area contributed by atoms with E-state index in [4.69, 9.17) is 4.74 Å². The zero-order valence-electron chi connectivity index (χ0n) is 16.6. The molecule has 8 heteroatoms. The van der Waals surface area contributed by atoms with Gasteiger partial charge in [-0.05, 0) is 55.8 Å². The fourth-order valence-corrected chi connectivity index (χ4v) is 2.80. The van der Waals surface area contributed by atoms with Crippen LogP contribution in [0.2, 0.25) is 0 Å². The molecule has 0 saturated carbocycles. The number of aryl methyl sites for hydroxylation is 1. The first-order valence-corrected chi connectivity index (χ1v) is 9.62. The van der Waals surface area contributed by atoms with E-state index >= 15 is 0 Å². The molecule has 2 heterocycles. The van der Waals surface area contributed by atoms with Crippen molar-refractivity contribution in [3.8, 4) is 11.3 Å². The Morgan fingerprint density at radius 3 is 2.47 bits per heavy atom. The van der Waals surface area contributed by atoms with E-state index in [1.165, 1.54) is 10.7 Å². The van der Waals surface area contributed by atoms with Crippen LogP contribution in [-0.4, -0.2) is 33.2 Å². The highest BCUT2D eigenvalue weighted by molar-refractivity contribution is 5.93. The van der Waals surface area contributed by atoms with E-state index in [0.29, 0.717) is 36.5 Å². The maximum atomic E-state index is 12.2. The molecular formula is C22H22N4O4. The minimum Gasteiger partial charge on any atom is -0.462 e. The number of nitrogens with zero attached hydrogens (tertiary/aromatic N) is 3. The number of benzene rings is 1. The molecule has 154 valence electrons. The summed E-state index contributed by atoms with van der Waals surface area (Å²) < 4.78 is 6.29. The van der Waals surface area contributed by atoms with E-state index in [-0.39, 0.29) is 17.9 Å². The van der Waals surface area contributed by atoms with Gasteiger partial charge in [0.15, 0.2) is 0 Å². The molecule has 8 nitrogen and oxygen atoms in total. The Hall–Kier alpha value is -3.81. The largest absolute Gasteiger partial charge is 0.462 e.